The van der Waals surface area contributed by atoms with Crippen molar-refractivity contribution in [2.45, 2.75) is 57.6 Å². The Bertz CT molecular complexity index is 830. The summed E-state index contributed by atoms with van der Waals surface area (Å²) in [7, 11) is 0. The second kappa shape index (κ2) is 6.50. The average molecular weight is 345 g/mol. The topological polar surface area (TPSA) is 21.3 Å². The maximum atomic E-state index is 6.43. The van der Waals surface area contributed by atoms with E-state index in [0.717, 1.165) is 18.6 Å². The smallest absolute Gasteiger partial charge is 0.134 e. The Kier molecular flexibility index (Phi) is 4.00. The zero-order valence-corrected chi connectivity index (χ0v) is 15.5. The lowest BCUT2D eigenvalue weighted by Gasteiger charge is -2.31. The van der Waals surface area contributed by atoms with E-state index in [-0.39, 0.29) is 6.10 Å². The fourth-order valence-corrected chi connectivity index (χ4v) is 4.86. The number of fused-ring (bicyclic) bond motifs is 2. The van der Waals surface area contributed by atoms with Gasteiger partial charge in [0.25, 0.3) is 0 Å². The summed E-state index contributed by atoms with van der Waals surface area (Å²) in [6, 6.07) is 0.318. The lowest BCUT2D eigenvalue weighted by Crippen LogP contribution is -2.33. The molecule has 1 N–H and O–H groups in total. The summed E-state index contributed by atoms with van der Waals surface area (Å²) in [6.45, 7) is 2.25. The van der Waals surface area contributed by atoms with E-state index in [1.54, 1.807) is 0 Å². The third kappa shape index (κ3) is 2.63. The minimum Gasteiger partial charge on any atom is -0.485 e. The molecule has 0 spiro atoms. The van der Waals surface area contributed by atoms with Crippen LogP contribution in [0.15, 0.2) is 82.4 Å². The third-order valence-electron chi connectivity index (χ3n) is 6.31. The van der Waals surface area contributed by atoms with Crippen molar-refractivity contribution >= 4 is 0 Å². The van der Waals surface area contributed by atoms with Gasteiger partial charge in [0, 0.05) is 18.2 Å². The van der Waals surface area contributed by atoms with Gasteiger partial charge in [0.1, 0.15) is 11.9 Å². The molecule has 0 fully saturated rings. The number of nitrogens with one attached hydrogen (secondary N) is 1. The molecule has 0 saturated heterocycles. The molecule has 2 aliphatic heterocycles. The zero-order chi connectivity index (χ0) is 17.5. The molecule has 0 amide bonds. The molecule has 2 heteroatoms. The molecule has 5 rings (SSSR count). The van der Waals surface area contributed by atoms with Gasteiger partial charge >= 0.3 is 0 Å². The number of ether oxygens (including phenoxy) is 1. The molecular weight excluding hydrogens is 318 g/mol. The highest BCUT2D eigenvalue weighted by Gasteiger charge is 2.40. The fraction of sp³-hybridized carbons (Fsp3) is 0.417. The van der Waals surface area contributed by atoms with E-state index in [1.165, 1.54) is 53.5 Å². The Morgan fingerprint density at radius 3 is 2.96 bits per heavy atom. The van der Waals surface area contributed by atoms with E-state index < -0.39 is 0 Å². The SMILES string of the molecule is CC1NC=C(C2=CCCCC2)C=C1C1=CC=CC2C3=C(C=CCC3)OC12. The Labute approximate surface area is 156 Å². The molecule has 0 saturated carbocycles. The van der Waals surface area contributed by atoms with Crippen LogP contribution >= 0.6 is 0 Å². The van der Waals surface area contributed by atoms with E-state index in [1.807, 2.05) is 0 Å². The minimum atomic E-state index is 0.142. The summed E-state index contributed by atoms with van der Waals surface area (Å²) >= 11 is 0. The molecule has 3 unspecified atom stereocenters. The number of hydrogen-bond acceptors (Lipinski definition) is 2. The molecule has 0 bridgehead atoms. The fourth-order valence-electron chi connectivity index (χ4n) is 4.86. The van der Waals surface area contributed by atoms with E-state index in [0.29, 0.717) is 12.0 Å². The van der Waals surface area contributed by atoms with E-state index in [9.17, 15) is 0 Å². The summed E-state index contributed by atoms with van der Waals surface area (Å²) < 4.78 is 6.43. The van der Waals surface area contributed by atoms with Gasteiger partial charge in [0.15, 0.2) is 0 Å². The van der Waals surface area contributed by atoms with Crippen LogP contribution in [0.4, 0.5) is 0 Å². The van der Waals surface area contributed by atoms with Crippen LogP contribution in [-0.4, -0.2) is 12.1 Å². The van der Waals surface area contributed by atoms with Crippen molar-refractivity contribution in [1.29, 1.82) is 0 Å². The lowest BCUT2D eigenvalue weighted by atomic mass is 9.79. The highest BCUT2D eigenvalue weighted by molar-refractivity contribution is 5.55. The van der Waals surface area contributed by atoms with Gasteiger partial charge in [-0.2, -0.15) is 0 Å². The Hall–Kier alpha value is -2.22. The highest BCUT2D eigenvalue weighted by atomic mass is 16.5. The summed E-state index contributed by atoms with van der Waals surface area (Å²) in [4.78, 5) is 0. The van der Waals surface area contributed by atoms with Gasteiger partial charge in [-0.15, -0.1) is 0 Å². The summed E-state index contributed by atoms with van der Waals surface area (Å²) in [5, 5.41) is 3.60. The van der Waals surface area contributed by atoms with Crippen molar-refractivity contribution in [3.63, 3.8) is 0 Å². The molecule has 26 heavy (non-hydrogen) atoms. The van der Waals surface area contributed by atoms with Crippen LogP contribution in [0.5, 0.6) is 0 Å². The van der Waals surface area contributed by atoms with Crippen LogP contribution in [0.2, 0.25) is 0 Å². The zero-order valence-electron chi connectivity index (χ0n) is 15.5. The first-order chi connectivity index (χ1) is 12.8. The molecule has 0 aromatic carbocycles. The molecule has 0 radical (unpaired) electrons. The average Bonchev–Trinajstić information content (AvgIpc) is 3.08. The first-order valence-electron chi connectivity index (χ1n) is 10.1. The van der Waals surface area contributed by atoms with Gasteiger partial charge in [-0.3, -0.25) is 0 Å². The monoisotopic (exact) mass is 345 g/mol. The molecule has 5 aliphatic rings. The van der Waals surface area contributed by atoms with Crippen LogP contribution < -0.4 is 5.32 Å². The molecule has 2 nitrogen and oxygen atoms in total. The first kappa shape index (κ1) is 16.0. The standard InChI is InChI=1S/C24H27NO/c1-16-22(14-18(15-25-16)17-8-3-2-4-9-17)21-12-7-11-20-19-10-5-6-13-23(19)26-24(20)21/h6-8,11-16,20,24-25H,2-5,9-10H2,1H3. The first-order valence-corrected chi connectivity index (χ1v) is 10.1. The minimum absolute atomic E-state index is 0.142. The Morgan fingerprint density at radius 2 is 2.08 bits per heavy atom. The second-order valence-corrected chi connectivity index (χ2v) is 7.96. The lowest BCUT2D eigenvalue weighted by molar-refractivity contribution is 0.164. The molecule has 134 valence electrons. The molecule has 2 heterocycles. The van der Waals surface area contributed by atoms with Gasteiger partial charge in [-0.1, -0.05) is 30.4 Å². The molecule has 3 aliphatic carbocycles. The second-order valence-electron chi connectivity index (χ2n) is 7.96. The van der Waals surface area contributed by atoms with Gasteiger partial charge < -0.3 is 10.1 Å². The predicted octanol–water partition coefficient (Wildman–Crippen LogP) is 5.40. The normalized spacial score (nSPS) is 32.6. The van der Waals surface area contributed by atoms with Crippen molar-refractivity contribution in [3.8, 4) is 0 Å². The van der Waals surface area contributed by atoms with Crippen molar-refractivity contribution in [3.05, 3.63) is 82.4 Å². The van der Waals surface area contributed by atoms with E-state index in [2.05, 4.69) is 61.0 Å². The van der Waals surface area contributed by atoms with Gasteiger partial charge in [0.2, 0.25) is 0 Å². The maximum Gasteiger partial charge on any atom is 0.134 e. The summed E-state index contributed by atoms with van der Waals surface area (Å²) in [5.41, 5.74) is 7.09. The van der Waals surface area contributed by atoms with Crippen molar-refractivity contribution < 1.29 is 4.74 Å². The highest BCUT2D eigenvalue weighted by Crippen LogP contribution is 2.45. The molecule has 0 aromatic heterocycles. The van der Waals surface area contributed by atoms with Gasteiger partial charge in [-0.05, 0) is 85.5 Å². The van der Waals surface area contributed by atoms with Crippen molar-refractivity contribution in [2.24, 2.45) is 5.92 Å². The maximum absolute atomic E-state index is 6.43. The number of allylic oxidation sites excluding steroid dienone is 8. The summed E-state index contributed by atoms with van der Waals surface area (Å²) in [6.07, 6.45) is 25.8. The van der Waals surface area contributed by atoms with Gasteiger partial charge in [-0.25, -0.2) is 0 Å². The molecular formula is C24H27NO. The quantitative estimate of drug-likeness (QED) is 0.723. The number of dihydropyridines is 1. The Balaban J connectivity index is 1.47. The molecule has 3 atom stereocenters. The van der Waals surface area contributed by atoms with E-state index >= 15 is 0 Å². The largest absolute Gasteiger partial charge is 0.485 e. The van der Waals surface area contributed by atoms with Crippen LogP contribution in [0.1, 0.15) is 45.4 Å². The third-order valence-corrected chi connectivity index (χ3v) is 6.31. The number of rotatable bonds is 2. The van der Waals surface area contributed by atoms with Crippen LogP contribution in [0.25, 0.3) is 0 Å². The molecule has 0 aromatic rings. The summed E-state index contributed by atoms with van der Waals surface area (Å²) in [5.74, 6) is 1.53. The van der Waals surface area contributed by atoms with Crippen LogP contribution in [0, 0.1) is 5.92 Å². The number of hydrogen-bond donors (Lipinski definition) is 1. The Morgan fingerprint density at radius 1 is 1.12 bits per heavy atom. The predicted molar refractivity (Wildman–Crippen MR) is 106 cm³/mol. The van der Waals surface area contributed by atoms with Crippen LogP contribution in [0.3, 0.4) is 0 Å². The van der Waals surface area contributed by atoms with Gasteiger partial charge in [0.05, 0.1) is 0 Å². The van der Waals surface area contributed by atoms with Crippen molar-refractivity contribution in [2.75, 3.05) is 0 Å². The van der Waals surface area contributed by atoms with E-state index in [4.69, 9.17) is 4.74 Å². The van der Waals surface area contributed by atoms with Crippen molar-refractivity contribution in [1.82, 2.24) is 5.32 Å². The van der Waals surface area contributed by atoms with Crippen LogP contribution in [-0.2, 0) is 4.74 Å².